The number of anilines is 3. The maximum Gasteiger partial charge on any atom is 0.278 e. The van der Waals surface area contributed by atoms with E-state index >= 15 is 0 Å². The van der Waals surface area contributed by atoms with Gasteiger partial charge in [-0.05, 0) is 48.9 Å². The van der Waals surface area contributed by atoms with Gasteiger partial charge in [0, 0.05) is 56.0 Å². The summed E-state index contributed by atoms with van der Waals surface area (Å²) in [4.78, 5) is 42.1. The topological polar surface area (TPSA) is 115 Å². The Hall–Kier alpha value is -5.03. The van der Waals surface area contributed by atoms with E-state index in [4.69, 9.17) is 9.97 Å². The Kier molecular flexibility index (Phi) is 6.71. The van der Waals surface area contributed by atoms with Crippen LogP contribution in [0.1, 0.15) is 5.56 Å². The number of nitrogens with zero attached hydrogens (tertiary/aromatic N) is 7. The number of pyridine rings is 2. The van der Waals surface area contributed by atoms with Crippen LogP contribution in [0, 0.1) is 6.92 Å². The average Bonchev–Trinajstić information content (AvgIpc) is 3.26. The smallest absolute Gasteiger partial charge is 0.278 e. The first-order valence-electron chi connectivity index (χ1n) is 13.1. The minimum atomic E-state index is -0.262. The fraction of sp³-hybridized carbons (Fsp3) is 0.207. The molecule has 1 aliphatic heterocycles. The highest BCUT2D eigenvalue weighted by atomic mass is 16.1. The van der Waals surface area contributed by atoms with Crippen LogP contribution < -0.4 is 26.7 Å². The van der Waals surface area contributed by atoms with Crippen LogP contribution in [0.4, 0.5) is 17.3 Å². The zero-order valence-electron chi connectivity index (χ0n) is 22.1. The Morgan fingerprint density at radius 3 is 2.55 bits per heavy atom. The van der Waals surface area contributed by atoms with Crippen molar-refractivity contribution in [1.82, 2.24) is 34.2 Å². The molecule has 1 aliphatic rings. The molecule has 1 aromatic carbocycles. The van der Waals surface area contributed by atoms with Gasteiger partial charge in [0.1, 0.15) is 11.2 Å². The van der Waals surface area contributed by atoms with E-state index in [2.05, 4.69) is 39.2 Å². The predicted octanol–water partition coefficient (Wildman–Crippen LogP) is 2.78. The van der Waals surface area contributed by atoms with E-state index in [1.807, 2.05) is 19.1 Å². The fourth-order valence-corrected chi connectivity index (χ4v) is 4.85. The lowest BCUT2D eigenvalue weighted by molar-refractivity contribution is 0.589. The molecule has 5 aromatic rings. The number of hydrogen-bond acceptors (Lipinski definition) is 8. The average molecular weight is 536 g/mol. The SMILES string of the molecule is C=CCn1c(=O)c2cnc(Nc3ccc(N4CCNCC4)cc3)nc2n1-c1cccc(-n2cc(C)ccc2=O)n1. The summed E-state index contributed by atoms with van der Waals surface area (Å²) in [6.07, 6.45) is 4.89. The molecular weight excluding hydrogens is 506 g/mol. The summed E-state index contributed by atoms with van der Waals surface area (Å²) >= 11 is 0. The van der Waals surface area contributed by atoms with E-state index < -0.39 is 0 Å². The van der Waals surface area contributed by atoms with Gasteiger partial charge in [-0.25, -0.2) is 19.3 Å². The molecule has 5 heterocycles. The third-order valence-electron chi connectivity index (χ3n) is 6.83. The molecule has 0 spiro atoms. The number of aromatic nitrogens is 6. The van der Waals surface area contributed by atoms with Crippen LogP contribution in [0.2, 0.25) is 0 Å². The summed E-state index contributed by atoms with van der Waals surface area (Å²) in [5.41, 5.74) is 2.85. The number of aryl methyl sites for hydroxylation is 1. The van der Waals surface area contributed by atoms with Gasteiger partial charge in [0.05, 0.1) is 6.54 Å². The number of nitrogens with one attached hydrogen (secondary N) is 2. The van der Waals surface area contributed by atoms with Crippen LogP contribution in [0.15, 0.2) is 89.2 Å². The van der Waals surface area contributed by atoms with E-state index in [0.29, 0.717) is 28.6 Å². The molecule has 0 radical (unpaired) electrons. The van der Waals surface area contributed by atoms with Crippen molar-refractivity contribution in [3.8, 4) is 11.6 Å². The molecule has 0 atom stereocenters. The normalized spacial score (nSPS) is 13.5. The van der Waals surface area contributed by atoms with E-state index in [-0.39, 0.29) is 17.7 Å². The number of fused-ring (bicyclic) bond motifs is 1. The molecule has 2 N–H and O–H groups in total. The molecule has 0 bridgehead atoms. The Balaban J connectivity index is 1.39. The van der Waals surface area contributed by atoms with Crippen molar-refractivity contribution in [2.24, 2.45) is 0 Å². The third-order valence-corrected chi connectivity index (χ3v) is 6.83. The summed E-state index contributed by atoms with van der Waals surface area (Å²) in [7, 11) is 0. The Morgan fingerprint density at radius 2 is 1.77 bits per heavy atom. The molecule has 0 unspecified atom stereocenters. The standard InChI is InChI=1S/C29H29N9O2/c1-3-15-37-28(40)23-18-31-29(32-21-8-10-22(11-9-21)35-16-13-30-14-17-35)34-27(23)38(37)25-6-4-5-24(33-25)36-19-20(2)7-12-26(36)39/h3-12,18-19,30H,1,13-17H2,2H3,(H,31,32,34). The molecule has 1 saturated heterocycles. The third kappa shape index (κ3) is 4.78. The number of piperazine rings is 1. The van der Waals surface area contributed by atoms with Gasteiger partial charge in [-0.15, -0.1) is 6.58 Å². The molecule has 0 saturated carbocycles. The zero-order chi connectivity index (χ0) is 27.6. The van der Waals surface area contributed by atoms with Crippen molar-refractivity contribution >= 4 is 28.4 Å². The van der Waals surface area contributed by atoms with Gasteiger partial charge in [0.25, 0.3) is 11.1 Å². The molecule has 11 heteroatoms. The molecular formula is C29H29N9O2. The van der Waals surface area contributed by atoms with Crippen LogP contribution >= 0.6 is 0 Å². The molecule has 40 heavy (non-hydrogen) atoms. The van der Waals surface area contributed by atoms with Crippen LogP contribution in [0.3, 0.4) is 0 Å². The molecule has 11 nitrogen and oxygen atoms in total. The van der Waals surface area contributed by atoms with E-state index in [0.717, 1.165) is 43.1 Å². The lowest BCUT2D eigenvalue weighted by Gasteiger charge is -2.29. The largest absolute Gasteiger partial charge is 0.369 e. The first-order valence-corrected chi connectivity index (χ1v) is 13.1. The van der Waals surface area contributed by atoms with Gasteiger partial charge >= 0.3 is 0 Å². The second kappa shape index (κ2) is 10.6. The van der Waals surface area contributed by atoms with Gasteiger partial charge in [-0.2, -0.15) is 4.98 Å². The van der Waals surface area contributed by atoms with Crippen LogP contribution in [0.5, 0.6) is 0 Å². The number of hydrogen-bond donors (Lipinski definition) is 2. The maximum atomic E-state index is 13.3. The second-order valence-corrected chi connectivity index (χ2v) is 9.60. The lowest BCUT2D eigenvalue weighted by Crippen LogP contribution is -2.43. The second-order valence-electron chi connectivity index (χ2n) is 9.60. The predicted molar refractivity (Wildman–Crippen MR) is 156 cm³/mol. The molecule has 6 rings (SSSR count). The van der Waals surface area contributed by atoms with Crippen molar-refractivity contribution in [3.05, 3.63) is 106 Å². The van der Waals surface area contributed by atoms with E-state index in [1.54, 1.807) is 41.2 Å². The van der Waals surface area contributed by atoms with Crippen LogP contribution in [0.25, 0.3) is 22.7 Å². The number of allylic oxidation sites excluding steroid dienone is 1. The Labute approximate surface area is 230 Å². The molecule has 0 aliphatic carbocycles. The van der Waals surface area contributed by atoms with E-state index in [9.17, 15) is 9.59 Å². The van der Waals surface area contributed by atoms with Crippen molar-refractivity contribution in [2.45, 2.75) is 13.5 Å². The highest BCUT2D eigenvalue weighted by Gasteiger charge is 2.19. The van der Waals surface area contributed by atoms with Gasteiger partial charge in [-0.1, -0.05) is 18.2 Å². The summed E-state index contributed by atoms with van der Waals surface area (Å²) in [5, 5.41) is 6.97. The summed E-state index contributed by atoms with van der Waals surface area (Å²) in [6, 6.07) is 16.7. The zero-order valence-corrected chi connectivity index (χ0v) is 22.1. The first-order chi connectivity index (χ1) is 19.5. The lowest BCUT2D eigenvalue weighted by atomic mass is 10.2. The first kappa shape index (κ1) is 25.3. The molecule has 4 aromatic heterocycles. The highest BCUT2D eigenvalue weighted by molar-refractivity contribution is 5.77. The van der Waals surface area contributed by atoms with Crippen molar-refractivity contribution < 1.29 is 0 Å². The van der Waals surface area contributed by atoms with Gasteiger partial charge in [-0.3, -0.25) is 14.2 Å². The highest BCUT2D eigenvalue weighted by Crippen LogP contribution is 2.22. The van der Waals surface area contributed by atoms with Gasteiger partial charge < -0.3 is 15.5 Å². The fourth-order valence-electron chi connectivity index (χ4n) is 4.85. The van der Waals surface area contributed by atoms with Crippen molar-refractivity contribution in [1.29, 1.82) is 0 Å². The van der Waals surface area contributed by atoms with Gasteiger partial charge in [0.2, 0.25) is 5.95 Å². The number of benzene rings is 1. The summed E-state index contributed by atoms with van der Waals surface area (Å²) in [5.74, 6) is 1.21. The van der Waals surface area contributed by atoms with E-state index in [1.165, 1.54) is 21.5 Å². The monoisotopic (exact) mass is 535 g/mol. The molecule has 0 amide bonds. The summed E-state index contributed by atoms with van der Waals surface area (Å²) < 4.78 is 4.63. The summed E-state index contributed by atoms with van der Waals surface area (Å²) in [6.45, 7) is 9.84. The Morgan fingerprint density at radius 1 is 1.00 bits per heavy atom. The van der Waals surface area contributed by atoms with Crippen LogP contribution in [-0.2, 0) is 6.54 Å². The van der Waals surface area contributed by atoms with Crippen molar-refractivity contribution in [2.75, 3.05) is 36.4 Å². The molecule has 202 valence electrons. The number of rotatable bonds is 7. The maximum absolute atomic E-state index is 13.3. The van der Waals surface area contributed by atoms with Crippen molar-refractivity contribution in [3.63, 3.8) is 0 Å². The minimum Gasteiger partial charge on any atom is -0.369 e. The minimum absolute atomic E-state index is 0.201. The Bertz CT molecular complexity index is 1810. The van der Waals surface area contributed by atoms with Gasteiger partial charge in [0.15, 0.2) is 11.5 Å². The van der Waals surface area contributed by atoms with Crippen LogP contribution in [-0.4, -0.2) is 55.1 Å². The molecule has 1 fully saturated rings. The quantitative estimate of drug-likeness (QED) is 0.306.